The molecule has 1 aliphatic heterocycles. The van der Waals surface area contributed by atoms with Crippen molar-refractivity contribution in [2.24, 2.45) is 15.3 Å². The number of carbonyl (C=O) groups is 1. The first-order valence-corrected chi connectivity index (χ1v) is 15.3. The van der Waals surface area contributed by atoms with Crippen molar-refractivity contribution in [3.8, 4) is 5.75 Å². The number of benzene rings is 2. The van der Waals surface area contributed by atoms with E-state index in [1.165, 1.54) is 27.0 Å². The Bertz CT molecular complexity index is 1690. The van der Waals surface area contributed by atoms with Gasteiger partial charge in [-0.15, -0.1) is 0 Å². The Morgan fingerprint density at radius 2 is 1.66 bits per heavy atom. The second-order valence-corrected chi connectivity index (χ2v) is 12.9. The van der Waals surface area contributed by atoms with Crippen LogP contribution in [0.2, 0.25) is 5.02 Å². The van der Waals surface area contributed by atoms with Crippen LogP contribution in [-0.2, 0) is 39.3 Å². The molecule has 0 aromatic heterocycles. The van der Waals surface area contributed by atoms with Crippen molar-refractivity contribution in [1.82, 2.24) is 0 Å². The Balaban J connectivity index is 0.00000420. The van der Waals surface area contributed by atoms with Crippen LogP contribution in [0.15, 0.2) is 55.5 Å². The number of halogens is 1. The molecule has 1 heterocycles. The van der Waals surface area contributed by atoms with E-state index in [0.717, 1.165) is 29.3 Å². The number of rotatable bonds is 10. The van der Waals surface area contributed by atoms with E-state index in [1.807, 2.05) is 0 Å². The number of nitrogens with zero attached hydrogens (tertiary/aromatic N) is 4. The van der Waals surface area contributed by atoms with Crippen LogP contribution in [0.1, 0.15) is 12.5 Å². The first-order chi connectivity index (χ1) is 17.9. The number of hydrogen-bond acceptors (Lipinski definition) is 14. The molecule has 0 fully saturated rings. The van der Waals surface area contributed by atoms with E-state index in [4.69, 9.17) is 16.3 Å². The number of ether oxygens (including phenoxy) is 1. The molecule has 0 bridgehead atoms. The number of sulfone groups is 1. The van der Waals surface area contributed by atoms with Crippen molar-refractivity contribution >= 4 is 64.9 Å². The van der Waals surface area contributed by atoms with Crippen LogP contribution in [0.25, 0.3) is 0 Å². The first-order valence-electron chi connectivity index (χ1n) is 10.5. The van der Waals surface area contributed by atoms with Gasteiger partial charge in [-0.05, 0) is 49.7 Å². The molecular formula is C20H19ClN4Na2O11S3. The molecule has 1 amide bonds. The van der Waals surface area contributed by atoms with Gasteiger partial charge in [0.25, 0.3) is 5.91 Å². The summed E-state index contributed by atoms with van der Waals surface area (Å²) < 4.78 is 99.9. The van der Waals surface area contributed by atoms with Crippen LogP contribution >= 0.6 is 11.6 Å². The third-order valence-electron chi connectivity index (χ3n) is 5.19. The molecule has 0 saturated carbocycles. The summed E-state index contributed by atoms with van der Waals surface area (Å²) in [5.74, 6) is -1.47. The zero-order valence-electron chi connectivity index (χ0n) is 22.3. The molecule has 0 saturated heterocycles. The number of azo groups is 1. The molecule has 2 aromatic carbocycles. The molecular weight excluding hydrogens is 650 g/mol. The number of hydrogen-bond donors (Lipinski definition) is 0. The quantitative estimate of drug-likeness (QED) is 0.102. The normalized spacial score (nSPS) is 15.9. The maximum absolute atomic E-state index is 13.1. The van der Waals surface area contributed by atoms with E-state index in [9.17, 15) is 39.2 Å². The summed E-state index contributed by atoms with van der Waals surface area (Å²) in [6.07, 6.45) is 0. The predicted molar refractivity (Wildman–Crippen MR) is 134 cm³/mol. The first kappa shape index (κ1) is 38.0. The van der Waals surface area contributed by atoms with E-state index in [0.29, 0.717) is 0 Å². The van der Waals surface area contributed by atoms with Crippen LogP contribution < -0.4 is 68.9 Å². The fourth-order valence-electron chi connectivity index (χ4n) is 3.39. The standard InChI is InChI=1S/C20H21ClN4O11S3.2Na/c1-11-8-14(38(29,30)31)9-15(21)19(11)25-20(26)18(12(2)24-25)23-22-16-10-13(4-5-17(16)35-3)37(27,28)7-6-36-39(32,33)34;;/h4-5,8-10,18H,6-7H2,1-3H3,(H,29,30,31)(H,32,33,34);;/q;2*+1/p-2. The average Bonchev–Trinajstić information content (AvgIpc) is 3.08. The number of methoxy groups -OCH3 is 1. The van der Waals surface area contributed by atoms with E-state index in [1.54, 1.807) is 0 Å². The Morgan fingerprint density at radius 3 is 2.20 bits per heavy atom. The van der Waals surface area contributed by atoms with Gasteiger partial charge in [-0.1, -0.05) is 11.6 Å². The Morgan fingerprint density at radius 1 is 1.02 bits per heavy atom. The number of aryl methyl sites for hydroxylation is 1. The maximum Gasteiger partial charge on any atom is 1.00 e. The molecule has 0 radical (unpaired) electrons. The second kappa shape index (κ2) is 14.7. The number of anilines is 1. The van der Waals surface area contributed by atoms with Gasteiger partial charge in [-0.2, -0.15) is 20.3 Å². The Hall–Kier alpha value is -1.000. The molecule has 2 aromatic rings. The SMILES string of the molecule is COc1ccc(S(=O)(=O)CCOS(=O)(=O)[O-])cc1N=NC1C(=O)N(c2c(C)cc(S(=O)(=O)[O-])cc2Cl)N=C1C.[Na+].[Na+]. The third-order valence-corrected chi connectivity index (χ3v) is 8.43. The minimum absolute atomic E-state index is 0. The fourth-order valence-corrected chi connectivity index (χ4v) is 5.88. The zero-order chi connectivity index (χ0) is 29.3. The number of hydrazone groups is 1. The van der Waals surface area contributed by atoms with Crippen molar-refractivity contribution in [3.63, 3.8) is 0 Å². The van der Waals surface area contributed by atoms with Gasteiger partial charge in [0, 0.05) is 0 Å². The fraction of sp³-hybridized carbons (Fsp3) is 0.300. The van der Waals surface area contributed by atoms with Gasteiger partial charge >= 0.3 is 59.1 Å². The summed E-state index contributed by atoms with van der Waals surface area (Å²) in [6.45, 7) is 1.99. The molecule has 212 valence electrons. The van der Waals surface area contributed by atoms with Crippen molar-refractivity contribution in [1.29, 1.82) is 0 Å². The maximum atomic E-state index is 13.1. The summed E-state index contributed by atoms with van der Waals surface area (Å²) in [7, 11) is -12.7. The molecule has 21 heteroatoms. The van der Waals surface area contributed by atoms with Gasteiger partial charge < -0.3 is 13.8 Å². The van der Waals surface area contributed by atoms with E-state index < -0.39 is 59.6 Å². The van der Waals surface area contributed by atoms with E-state index >= 15 is 0 Å². The summed E-state index contributed by atoms with van der Waals surface area (Å²) in [6, 6.07) is 4.15. The van der Waals surface area contributed by atoms with Gasteiger partial charge in [0.15, 0.2) is 15.9 Å². The smallest absolute Gasteiger partial charge is 0.744 e. The zero-order valence-corrected chi connectivity index (χ0v) is 29.5. The van der Waals surface area contributed by atoms with Gasteiger partial charge in [0.1, 0.15) is 21.6 Å². The van der Waals surface area contributed by atoms with Crippen molar-refractivity contribution in [3.05, 3.63) is 40.9 Å². The largest absolute Gasteiger partial charge is 1.00 e. The number of carbonyl (C=O) groups excluding carboxylic acids is 1. The van der Waals surface area contributed by atoms with Crippen molar-refractivity contribution in [2.75, 3.05) is 24.5 Å². The monoisotopic (exact) mass is 668 g/mol. The predicted octanol–water partition coefficient (Wildman–Crippen LogP) is -4.31. The second-order valence-electron chi connectivity index (χ2n) is 7.92. The van der Waals surface area contributed by atoms with Crippen LogP contribution in [0, 0.1) is 6.92 Å². The minimum Gasteiger partial charge on any atom is -0.744 e. The number of amides is 1. The Kier molecular flexibility index (Phi) is 13.6. The van der Waals surface area contributed by atoms with Gasteiger partial charge in [0.05, 0.1) is 45.7 Å². The minimum atomic E-state index is -5.08. The van der Waals surface area contributed by atoms with Gasteiger partial charge in [-0.25, -0.2) is 25.3 Å². The van der Waals surface area contributed by atoms with E-state index in [-0.39, 0.29) is 97.4 Å². The Labute approximate surface area is 285 Å². The summed E-state index contributed by atoms with van der Waals surface area (Å²) in [4.78, 5) is 12.2. The summed E-state index contributed by atoms with van der Waals surface area (Å²) >= 11 is 6.16. The van der Waals surface area contributed by atoms with Crippen LogP contribution in [0.5, 0.6) is 5.75 Å². The van der Waals surface area contributed by atoms with Gasteiger partial charge in [0.2, 0.25) is 10.4 Å². The third kappa shape index (κ3) is 9.49. The molecule has 3 rings (SSSR count). The van der Waals surface area contributed by atoms with Gasteiger partial charge in [-0.3, -0.25) is 8.98 Å². The summed E-state index contributed by atoms with van der Waals surface area (Å²) in [5.41, 5.74) is 0.263. The molecule has 15 nitrogen and oxygen atoms in total. The summed E-state index contributed by atoms with van der Waals surface area (Å²) in [5, 5.41) is 12.7. The molecule has 1 atom stereocenters. The van der Waals surface area contributed by atoms with Crippen LogP contribution in [-0.4, -0.2) is 71.5 Å². The van der Waals surface area contributed by atoms with Crippen molar-refractivity contribution < 1.29 is 107 Å². The van der Waals surface area contributed by atoms with Crippen molar-refractivity contribution in [2.45, 2.75) is 29.7 Å². The average molecular weight is 669 g/mol. The molecule has 1 unspecified atom stereocenters. The molecule has 0 N–H and O–H groups in total. The molecule has 1 aliphatic rings. The van der Waals surface area contributed by atoms with Crippen LogP contribution in [0.4, 0.5) is 11.4 Å². The molecule has 41 heavy (non-hydrogen) atoms. The molecule has 0 spiro atoms. The molecule has 0 aliphatic carbocycles. The topological polar surface area (TPSA) is 224 Å². The van der Waals surface area contributed by atoms with Crippen LogP contribution in [0.3, 0.4) is 0 Å². The van der Waals surface area contributed by atoms with E-state index in [2.05, 4.69) is 19.5 Å².